The summed E-state index contributed by atoms with van der Waals surface area (Å²) in [6.45, 7) is 0. The second-order valence-electron chi connectivity index (χ2n) is 7.17. The van der Waals surface area contributed by atoms with Crippen molar-refractivity contribution in [2.45, 2.75) is 0 Å². The number of amides is 2. The normalized spacial score (nSPS) is 13.0. The summed E-state index contributed by atoms with van der Waals surface area (Å²) in [5, 5.41) is 15.9. The second-order valence-corrected chi connectivity index (χ2v) is 7.17. The van der Waals surface area contributed by atoms with Crippen molar-refractivity contribution in [2.75, 3.05) is 12.0 Å². The first-order valence-corrected chi connectivity index (χ1v) is 9.54. The van der Waals surface area contributed by atoms with Gasteiger partial charge in [-0.05, 0) is 36.4 Å². The number of ether oxygens (including phenoxy) is 1. The molecule has 2 amide bonds. The van der Waals surface area contributed by atoms with Crippen LogP contribution in [0.15, 0.2) is 54.7 Å². The summed E-state index contributed by atoms with van der Waals surface area (Å²) in [5.41, 5.74) is 2.18. The van der Waals surface area contributed by atoms with E-state index in [1.165, 1.54) is 30.5 Å². The van der Waals surface area contributed by atoms with Gasteiger partial charge in [0.15, 0.2) is 5.65 Å². The topological polar surface area (TPSA) is 120 Å². The van der Waals surface area contributed by atoms with Gasteiger partial charge in [0, 0.05) is 30.9 Å². The number of methoxy groups -OCH3 is 1. The molecule has 1 aliphatic heterocycles. The molecule has 0 fully saturated rings. The summed E-state index contributed by atoms with van der Waals surface area (Å²) < 4.78 is 6.76. The molecule has 0 radical (unpaired) electrons. The number of rotatable bonds is 4. The van der Waals surface area contributed by atoms with E-state index >= 15 is 0 Å². The lowest BCUT2D eigenvalue weighted by atomic mass is 10.0. The number of fused-ring (bicyclic) bond motifs is 3. The smallest absolute Gasteiger partial charge is 0.269 e. The molecule has 3 heterocycles. The van der Waals surface area contributed by atoms with Gasteiger partial charge in [0.2, 0.25) is 0 Å². The summed E-state index contributed by atoms with van der Waals surface area (Å²) in [6.07, 6.45) is 1.36. The molecule has 0 saturated heterocycles. The van der Waals surface area contributed by atoms with Crippen LogP contribution < -0.4 is 9.64 Å². The summed E-state index contributed by atoms with van der Waals surface area (Å²) in [4.78, 5) is 42.3. The predicted molar refractivity (Wildman–Crippen MR) is 115 cm³/mol. The largest absolute Gasteiger partial charge is 0.497 e. The molecule has 2 aromatic carbocycles. The number of non-ortho nitro benzene ring substituents is 1. The van der Waals surface area contributed by atoms with Crippen molar-refractivity contribution in [3.8, 4) is 17.0 Å². The van der Waals surface area contributed by atoms with Crippen LogP contribution >= 0.6 is 0 Å². The van der Waals surface area contributed by atoms with Gasteiger partial charge in [-0.15, -0.1) is 0 Å². The molecule has 10 heteroatoms. The molecule has 4 aromatic rings. The third-order valence-corrected chi connectivity index (χ3v) is 5.38. The van der Waals surface area contributed by atoms with Gasteiger partial charge in [-0.1, -0.05) is 0 Å². The highest BCUT2D eigenvalue weighted by Gasteiger charge is 2.40. The van der Waals surface area contributed by atoms with Crippen LogP contribution in [0, 0.1) is 10.1 Å². The Bertz CT molecular complexity index is 1420. The van der Waals surface area contributed by atoms with Gasteiger partial charge in [-0.2, -0.15) is 5.10 Å². The Morgan fingerprint density at radius 2 is 1.69 bits per heavy atom. The van der Waals surface area contributed by atoms with E-state index in [2.05, 4.69) is 10.1 Å². The van der Waals surface area contributed by atoms with Crippen molar-refractivity contribution < 1.29 is 19.2 Å². The monoisotopic (exact) mass is 429 g/mol. The van der Waals surface area contributed by atoms with E-state index in [1.807, 2.05) is 12.1 Å². The number of nitro benzene ring substituents is 1. The maximum Gasteiger partial charge on any atom is 0.269 e. The van der Waals surface area contributed by atoms with Gasteiger partial charge in [-0.3, -0.25) is 19.7 Å². The Balaban J connectivity index is 1.68. The zero-order valence-corrected chi connectivity index (χ0v) is 17.0. The van der Waals surface area contributed by atoms with E-state index in [9.17, 15) is 19.7 Å². The van der Waals surface area contributed by atoms with Crippen molar-refractivity contribution in [1.29, 1.82) is 0 Å². The second kappa shape index (κ2) is 6.98. The molecule has 0 aliphatic carbocycles. The number of anilines is 1. The van der Waals surface area contributed by atoms with Gasteiger partial charge in [0.1, 0.15) is 11.4 Å². The van der Waals surface area contributed by atoms with Crippen LogP contribution in [0.3, 0.4) is 0 Å². The standard InChI is InChI=1S/C22H15N5O5/c1-25-20-18(19(24-25)12-3-9-15(32-2)10-4-12)17-16(11-23-20)21(28)26(22(17)29)13-5-7-14(8-6-13)27(30)31/h3-11H,1-2H3. The number of imide groups is 1. The van der Waals surface area contributed by atoms with E-state index in [0.717, 1.165) is 10.5 Å². The fourth-order valence-corrected chi connectivity index (χ4v) is 3.84. The summed E-state index contributed by atoms with van der Waals surface area (Å²) in [6, 6.07) is 12.4. The van der Waals surface area contributed by atoms with E-state index in [0.29, 0.717) is 22.5 Å². The molecule has 32 heavy (non-hydrogen) atoms. The van der Waals surface area contributed by atoms with E-state index in [-0.39, 0.29) is 22.5 Å². The number of pyridine rings is 1. The number of carbonyl (C=O) groups is 2. The van der Waals surface area contributed by atoms with Crippen molar-refractivity contribution in [1.82, 2.24) is 14.8 Å². The number of hydrogen-bond acceptors (Lipinski definition) is 7. The molecule has 1 aliphatic rings. The lowest BCUT2D eigenvalue weighted by Crippen LogP contribution is -2.29. The summed E-state index contributed by atoms with van der Waals surface area (Å²) in [5.74, 6) is -0.403. The van der Waals surface area contributed by atoms with Crippen LogP contribution in [-0.4, -0.2) is 38.6 Å². The Morgan fingerprint density at radius 1 is 1.00 bits per heavy atom. The number of carbonyl (C=O) groups excluding carboxylic acids is 2. The number of aromatic nitrogens is 3. The molecular weight excluding hydrogens is 414 g/mol. The average Bonchev–Trinajstić information content (AvgIpc) is 3.27. The van der Waals surface area contributed by atoms with Crippen LogP contribution in [0.4, 0.5) is 11.4 Å². The third kappa shape index (κ3) is 2.73. The highest BCUT2D eigenvalue weighted by atomic mass is 16.6. The molecule has 0 N–H and O–H groups in total. The molecule has 158 valence electrons. The van der Waals surface area contributed by atoms with E-state index in [1.54, 1.807) is 31.0 Å². The Labute approximate surface area is 180 Å². The molecule has 0 spiro atoms. The van der Waals surface area contributed by atoms with Crippen LogP contribution in [0.1, 0.15) is 20.7 Å². The zero-order chi connectivity index (χ0) is 22.6. The summed E-state index contributed by atoms with van der Waals surface area (Å²) in [7, 11) is 3.28. The molecule has 5 rings (SSSR count). The van der Waals surface area contributed by atoms with Crippen LogP contribution in [-0.2, 0) is 7.05 Å². The fraction of sp³-hybridized carbons (Fsp3) is 0.0909. The minimum absolute atomic E-state index is 0.136. The minimum Gasteiger partial charge on any atom is -0.497 e. The molecule has 0 atom stereocenters. The zero-order valence-electron chi connectivity index (χ0n) is 17.0. The predicted octanol–water partition coefficient (Wildman–Crippen LogP) is 3.35. The van der Waals surface area contributed by atoms with Crippen molar-refractivity contribution in [2.24, 2.45) is 7.05 Å². The summed E-state index contributed by atoms with van der Waals surface area (Å²) >= 11 is 0. The molecule has 0 saturated carbocycles. The van der Waals surface area contributed by atoms with Gasteiger partial charge in [0.05, 0.1) is 34.2 Å². The lowest BCUT2D eigenvalue weighted by Gasteiger charge is -2.13. The maximum absolute atomic E-state index is 13.4. The molecule has 0 bridgehead atoms. The lowest BCUT2D eigenvalue weighted by molar-refractivity contribution is -0.384. The Kier molecular flexibility index (Phi) is 4.22. The number of nitro groups is 1. The van der Waals surface area contributed by atoms with Crippen LogP contribution in [0.25, 0.3) is 22.3 Å². The van der Waals surface area contributed by atoms with Gasteiger partial charge in [-0.25, -0.2) is 14.6 Å². The first kappa shape index (κ1) is 19.4. The van der Waals surface area contributed by atoms with Crippen molar-refractivity contribution >= 4 is 34.2 Å². The highest BCUT2D eigenvalue weighted by Crippen LogP contribution is 2.37. The quantitative estimate of drug-likeness (QED) is 0.277. The van der Waals surface area contributed by atoms with Crippen LogP contribution in [0.5, 0.6) is 5.75 Å². The number of benzene rings is 2. The number of nitrogens with zero attached hydrogens (tertiary/aromatic N) is 5. The number of aryl methyl sites for hydroxylation is 1. The number of hydrogen-bond donors (Lipinski definition) is 0. The van der Waals surface area contributed by atoms with Crippen molar-refractivity contribution in [3.05, 3.63) is 76.0 Å². The van der Waals surface area contributed by atoms with Crippen molar-refractivity contribution in [3.63, 3.8) is 0 Å². The van der Waals surface area contributed by atoms with Crippen LogP contribution in [0.2, 0.25) is 0 Å². The van der Waals surface area contributed by atoms with Gasteiger partial charge < -0.3 is 4.74 Å². The van der Waals surface area contributed by atoms with E-state index < -0.39 is 16.7 Å². The highest BCUT2D eigenvalue weighted by molar-refractivity contribution is 6.38. The molecule has 10 nitrogen and oxygen atoms in total. The Hall–Kier alpha value is -4.60. The van der Waals surface area contributed by atoms with Gasteiger partial charge in [0.25, 0.3) is 17.5 Å². The molecule has 2 aromatic heterocycles. The third-order valence-electron chi connectivity index (χ3n) is 5.38. The molecule has 0 unspecified atom stereocenters. The minimum atomic E-state index is -0.545. The SMILES string of the molecule is COc1ccc(-c2nn(C)c3ncc4c(c23)C(=O)N(c2ccc([N+](=O)[O-])cc2)C4=O)cc1. The maximum atomic E-state index is 13.4. The Morgan fingerprint density at radius 3 is 2.31 bits per heavy atom. The first-order valence-electron chi connectivity index (χ1n) is 9.54. The van der Waals surface area contributed by atoms with Gasteiger partial charge >= 0.3 is 0 Å². The average molecular weight is 429 g/mol. The first-order chi connectivity index (χ1) is 15.4. The molecular formula is C22H15N5O5. The van der Waals surface area contributed by atoms with E-state index in [4.69, 9.17) is 4.74 Å². The fourth-order valence-electron chi connectivity index (χ4n) is 3.84.